The van der Waals surface area contributed by atoms with Crippen molar-refractivity contribution in [2.45, 2.75) is 31.9 Å². The van der Waals surface area contributed by atoms with Gasteiger partial charge in [0.1, 0.15) is 18.0 Å². The molecule has 1 aliphatic rings. The number of hydrogen-bond acceptors (Lipinski definition) is 3. The van der Waals surface area contributed by atoms with Gasteiger partial charge < -0.3 is 15.2 Å². The molecule has 3 heteroatoms. The molecule has 1 aromatic rings. The fourth-order valence-corrected chi connectivity index (χ4v) is 1.77. The highest BCUT2D eigenvalue weighted by Gasteiger charge is 2.16. The van der Waals surface area contributed by atoms with Crippen LogP contribution in [0.4, 0.5) is 0 Å². The SMILES string of the molecule is COC(C)(C)C#Cc1ccc2c(c1)C[C@@H](N)CO2. The van der Waals surface area contributed by atoms with Crippen LogP contribution >= 0.6 is 0 Å². The predicted octanol–water partition coefficient (Wildman–Crippen LogP) is 1.73. The maximum absolute atomic E-state index is 5.88. The summed E-state index contributed by atoms with van der Waals surface area (Å²) < 4.78 is 10.8. The first-order valence-corrected chi connectivity index (χ1v) is 6.10. The van der Waals surface area contributed by atoms with Crippen LogP contribution in [0, 0.1) is 11.8 Å². The first-order valence-electron chi connectivity index (χ1n) is 6.10. The van der Waals surface area contributed by atoms with Gasteiger partial charge in [-0.25, -0.2) is 0 Å². The van der Waals surface area contributed by atoms with Crippen LogP contribution in [0.25, 0.3) is 0 Å². The summed E-state index contributed by atoms with van der Waals surface area (Å²) in [6, 6.07) is 6.06. The molecule has 0 bridgehead atoms. The third-order valence-corrected chi connectivity index (χ3v) is 3.01. The lowest BCUT2D eigenvalue weighted by atomic mass is 10.0. The number of hydrogen-bond donors (Lipinski definition) is 1. The summed E-state index contributed by atoms with van der Waals surface area (Å²) in [5.74, 6) is 7.15. The molecule has 0 saturated carbocycles. The normalized spacial score (nSPS) is 18.3. The van der Waals surface area contributed by atoms with Crippen LogP contribution < -0.4 is 10.5 Å². The molecule has 0 aromatic heterocycles. The van der Waals surface area contributed by atoms with Gasteiger partial charge in [0.15, 0.2) is 0 Å². The highest BCUT2D eigenvalue weighted by Crippen LogP contribution is 2.25. The van der Waals surface area contributed by atoms with E-state index in [9.17, 15) is 0 Å². The zero-order chi connectivity index (χ0) is 13.2. The molecule has 96 valence electrons. The molecule has 0 saturated heterocycles. The van der Waals surface area contributed by atoms with Gasteiger partial charge in [0, 0.05) is 18.7 Å². The minimum atomic E-state index is -0.428. The van der Waals surface area contributed by atoms with Crippen LogP contribution in [-0.2, 0) is 11.2 Å². The predicted molar refractivity (Wildman–Crippen MR) is 71.6 cm³/mol. The zero-order valence-electron chi connectivity index (χ0n) is 11.1. The molecule has 1 heterocycles. The topological polar surface area (TPSA) is 44.5 Å². The van der Waals surface area contributed by atoms with Crippen molar-refractivity contribution in [2.24, 2.45) is 5.73 Å². The van der Waals surface area contributed by atoms with Crippen LogP contribution in [0.3, 0.4) is 0 Å². The molecule has 0 spiro atoms. The van der Waals surface area contributed by atoms with Gasteiger partial charge in [-0.15, -0.1) is 0 Å². The van der Waals surface area contributed by atoms with E-state index in [-0.39, 0.29) is 6.04 Å². The average molecular weight is 245 g/mol. The van der Waals surface area contributed by atoms with Crippen molar-refractivity contribution < 1.29 is 9.47 Å². The first-order chi connectivity index (χ1) is 8.50. The third kappa shape index (κ3) is 3.04. The Morgan fingerprint density at radius 2 is 2.22 bits per heavy atom. The number of nitrogens with two attached hydrogens (primary N) is 1. The molecule has 0 aliphatic carbocycles. The largest absolute Gasteiger partial charge is 0.492 e. The number of fused-ring (bicyclic) bond motifs is 1. The molecule has 0 fully saturated rings. The lowest BCUT2D eigenvalue weighted by Crippen LogP contribution is -2.33. The number of methoxy groups -OCH3 is 1. The van der Waals surface area contributed by atoms with Crippen molar-refractivity contribution in [2.75, 3.05) is 13.7 Å². The summed E-state index contributed by atoms with van der Waals surface area (Å²) in [7, 11) is 1.66. The molecule has 1 aliphatic heterocycles. The smallest absolute Gasteiger partial charge is 0.123 e. The maximum atomic E-state index is 5.88. The lowest BCUT2D eigenvalue weighted by Gasteiger charge is -2.22. The number of rotatable bonds is 1. The molecule has 3 nitrogen and oxygen atoms in total. The molecule has 0 radical (unpaired) electrons. The van der Waals surface area contributed by atoms with E-state index in [4.69, 9.17) is 15.2 Å². The van der Waals surface area contributed by atoms with E-state index in [1.165, 1.54) is 0 Å². The summed E-state index contributed by atoms with van der Waals surface area (Å²) in [5, 5.41) is 0. The van der Waals surface area contributed by atoms with Crippen LogP contribution in [0.5, 0.6) is 5.75 Å². The second-order valence-corrected chi connectivity index (χ2v) is 5.06. The van der Waals surface area contributed by atoms with E-state index in [0.717, 1.165) is 23.3 Å². The lowest BCUT2D eigenvalue weighted by molar-refractivity contribution is 0.0742. The maximum Gasteiger partial charge on any atom is 0.123 e. The van der Waals surface area contributed by atoms with Gasteiger partial charge in [-0.2, -0.15) is 0 Å². The highest BCUT2D eigenvalue weighted by molar-refractivity contribution is 5.46. The monoisotopic (exact) mass is 245 g/mol. The Kier molecular flexibility index (Phi) is 3.60. The Hall–Kier alpha value is -1.50. The minimum absolute atomic E-state index is 0.0797. The fraction of sp³-hybridized carbons (Fsp3) is 0.467. The summed E-state index contributed by atoms with van der Waals surface area (Å²) in [6.45, 7) is 4.48. The van der Waals surface area contributed by atoms with E-state index < -0.39 is 5.60 Å². The average Bonchev–Trinajstić information content (AvgIpc) is 2.36. The van der Waals surface area contributed by atoms with E-state index in [2.05, 4.69) is 11.8 Å². The summed E-state index contributed by atoms with van der Waals surface area (Å²) in [5.41, 5.74) is 7.56. The van der Waals surface area contributed by atoms with Crippen LogP contribution in [-0.4, -0.2) is 25.4 Å². The highest BCUT2D eigenvalue weighted by atomic mass is 16.5. The summed E-state index contributed by atoms with van der Waals surface area (Å²) >= 11 is 0. The van der Waals surface area contributed by atoms with Gasteiger partial charge in [0.05, 0.1) is 0 Å². The third-order valence-electron chi connectivity index (χ3n) is 3.01. The molecule has 0 amide bonds. The van der Waals surface area contributed by atoms with Gasteiger partial charge in [-0.1, -0.05) is 11.8 Å². The van der Waals surface area contributed by atoms with E-state index >= 15 is 0 Å². The number of benzene rings is 1. The fourth-order valence-electron chi connectivity index (χ4n) is 1.77. The molecular weight excluding hydrogens is 226 g/mol. The Balaban J connectivity index is 2.24. The van der Waals surface area contributed by atoms with Crippen molar-refractivity contribution >= 4 is 0 Å². The molecule has 0 unspecified atom stereocenters. The van der Waals surface area contributed by atoms with Gasteiger partial charge in [-0.3, -0.25) is 0 Å². The van der Waals surface area contributed by atoms with Crippen molar-refractivity contribution in [3.63, 3.8) is 0 Å². The molecule has 2 rings (SSSR count). The molecule has 1 aromatic carbocycles. The summed E-state index contributed by atoms with van der Waals surface area (Å²) in [6.07, 6.45) is 0.846. The second-order valence-electron chi connectivity index (χ2n) is 5.06. The van der Waals surface area contributed by atoms with Gasteiger partial charge in [-0.05, 0) is 44.0 Å². The Bertz CT molecular complexity index is 497. The van der Waals surface area contributed by atoms with Gasteiger partial charge in [0.25, 0.3) is 0 Å². The molecule has 2 N–H and O–H groups in total. The van der Waals surface area contributed by atoms with Crippen molar-refractivity contribution in [3.8, 4) is 17.6 Å². The van der Waals surface area contributed by atoms with E-state index in [1.54, 1.807) is 7.11 Å². The van der Waals surface area contributed by atoms with E-state index in [1.807, 2.05) is 32.0 Å². The van der Waals surface area contributed by atoms with E-state index in [0.29, 0.717) is 6.61 Å². The zero-order valence-corrected chi connectivity index (χ0v) is 11.1. The van der Waals surface area contributed by atoms with Crippen LogP contribution in [0.15, 0.2) is 18.2 Å². The Labute approximate surface area is 108 Å². The first kappa shape index (κ1) is 12.9. The van der Waals surface area contributed by atoms with Crippen molar-refractivity contribution in [1.82, 2.24) is 0 Å². The Morgan fingerprint density at radius 3 is 2.94 bits per heavy atom. The van der Waals surface area contributed by atoms with Gasteiger partial charge >= 0.3 is 0 Å². The van der Waals surface area contributed by atoms with Crippen molar-refractivity contribution in [3.05, 3.63) is 29.3 Å². The summed E-state index contributed by atoms with van der Waals surface area (Å²) in [4.78, 5) is 0. The molecular formula is C15H19NO2. The van der Waals surface area contributed by atoms with Crippen molar-refractivity contribution in [1.29, 1.82) is 0 Å². The standard InChI is InChI=1S/C15H19NO2/c1-15(2,17-3)7-6-11-4-5-14-12(8-11)9-13(16)10-18-14/h4-5,8,13H,9-10,16H2,1-3H3/t13-/m1/s1. The molecule has 18 heavy (non-hydrogen) atoms. The molecule has 1 atom stereocenters. The van der Waals surface area contributed by atoms with Gasteiger partial charge in [0.2, 0.25) is 0 Å². The number of ether oxygens (including phenoxy) is 2. The van der Waals surface area contributed by atoms with Crippen LogP contribution in [0.1, 0.15) is 25.0 Å². The second kappa shape index (κ2) is 5.01. The Morgan fingerprint density at radius 1 is 1.44 bits per heavy atom. The minimum Gasteiger partial charge on any atom is -0.492 e. The van der Waals surface area contributed by atoms with Crippen LogP contribution in [0.2, 0.25) is 0 Å². The quantitative estimate of drug-likeness (QED) is 0.766.